The molecule has 0 aliphatic carbocycles. The van der Waals surface area contributed by atoms with Crippen molar-refractivity contribution in [1.29, 1.82) is 0 Å². The average molecular weight is 370 g/mol. The van der Waals surface area contributed by atoms with E-state index in [4.69, 9.17) is 0 Å². The summed E-state index contributed by atoms with van der Waals surface area (Å²) in [6.07, 6.45) is 0. The number of rotatable bonds is 5. The summed E-state index contributed by atoms with van der Waals surface area (Å²) in [7, 11) is 1.51. The van der Waals surface area contributed by atoms with E-state index >= 15 is 0 Å². The summed E-state index contributed by atoms with van der Waals surface area (Å²) >= 11 is 4.90. The predicted molar refractivity (Wildman–Crippen MR) is 85.8 cm³/mol. The number of anilines is 1. The first-order chi connectivity index (χ1) is 10.0. The monoisotopic (exact) mass is 369 g/mol. The van der Waals surface area contributed by atoms with Gasteiger partial charge in [-0.25, -0.2) is 0 Å². The lowest BCUT2D eigenvalue weighted by Crippen LogP contribution is -2.18. The number of hydrogen-bond donors (Lipinski definition) is 2. The lowest BCUT2D eigenvalue weighted by atomic mass is 10.1. The molecule has 0 saturated carbocycles. The van der Waals surface area contributed by atoms with Crippen LogP contribution in [0.2, 0.25) is 0 Å². The first kappa shape index (κ1) is 15.5. The Labute approximate surface area is 133 Å². The lowest BCUT2D eigenvalue weighted by molar-refractivity contribution is -0.384. The molecule has 110 valence electrons. The van der Waals surface area contributed by atoms with Crippen molar-refractivity contribution in [3.8, 4) is 0 Å². The van der Waals surface area contributed by atoms with E-state index in [1.807, 2.05) is 11.4 Å². The number of nitrogens with zero attached hydrogens (tertiary/aromatic N) is 1. The first-order valence-electron chi connectivity index (χ1n) is 5.98. The van der Waals surface area contributed by atoms with Crippen LogP contribution >= 0.6 is 27.3 Å². The molecular weight excluding hydrogens is 358 g/mol. The number of amides is 1. The number of nitrogens with one attached hydrogen (secondary N) is 2. The topological polar surface area (TPSA) is 84.3 Å². The van der Waals surface area contributed by atoms with Gasteiger partial charge >= 0.3 is 0 Å². The molecule has 1 aromatic carbocycles. The third kappa shape index (κ3) is 3.79. The molecule has 2 rings (SSSR count). The Balaban J connectivity index is 2.25. The highest BCUT2D eigenvalue weighted by Gasteiger charge is 2.16. The van der Waals surface area contributed by atoms with Crippen LogP contribution < -0.4 is 10.6 Å². The smallest absolute Gasteiger partial charge is 0.292 e. The predicted octanol–water partition coefficient (Wildman–Crippen LogP) is 3.39. The van der Waals surface area contributed by atoms with E-state index in [9.17, 15) is 14.9 Å². The van der Waals surface area contributed by atoms with E-state index in [1.165, 1.54) is 36.6 Å². The van der Waals surface area contributed by atoms with E-state index in [0.29, 0.717) is 17.8 Å². The summed E-state index contributed by atoms with van der Waals surface area (Å²) in [5, 5.41) is 18.5. The summed E-state index contributed by atoms with van der Waals surface area (Å²) < 4.78 is 0.970. The lowest BCUT2D eigenvalue weighted by Gasteiger charge is -2.08. The number of carbonyl (C=O) groups is 1. The van der Waals surface area contributed by atoms with Crippen molar-refractivity contribution < 1.29 is 9.72 Å². The molecule has 6 nitrogen and oxygen atoms in total. The third-order valence-electron chi connectivity index (χ3n) is 2.76. The Bertz CT molecular complexity index is 687. The van der Waals surface area contributed by atoms with Gasteiger partial charge in [0.05, 0.1) is 4.92 Å². The molecule has 0 aliphatic heterocycles. The zero-order chi connectivity index (χ0) is 15.4. The molecule has 21 heavy (non-hydrogen) atoms. The van der Waals surface area contributed by atoms with Crippen LogP contribution in [0.25, 0.3) is 0 Å². The molecule has 0 fully saturated rings. The maximum absolute atomic E-state index is 11.6. The van der Waals surface area contributed by atoms with Gasteiger partial charge in [0.25, 0.3) is 11.6 Å². The maximum Gasteiger partial charge on any atom is 0.292 e. The van der Waals surface area contributed by atoms with Crippen molar-refractivity contribution in [2.24, 2.45) is 0 Å². The van der Waals surface area contributed by atoms with Gasteiger partial charge in [-0.1, -0.05) is 0 Å². The van der Waals surface area contributed by atoms with Crippen LogP contribution in [-0.2, 0) is 6.54 Å². The molecule has 0 saturated heterocycles. The average Bonchev–Trinajstić information content (AvgIpc) is 2.89. The van der Waals surface area contributed by atoms with Crippen LogP contribution in [0.3, 0.4) is 0 Å². The Morgan fingerprint density at radius 1 is 1.43 bits per heavy atom. The molecule has 0 aliphatic rings. The fourth-order valence-electron chi connectivity index (χ4n) is 1.75. The van der Waals surface area contributed by atoms with Crippen molar-refractivity contribution >= 4 is 44.5 Å². The van der Waals surface area contributed by atoms with Crippen LogP contribution in [0.4, 0.5) is 11.4 Å². The van der Waals surface area contributed by atoms with Crippen LogP contribution in [0.1, 0.15) is 15.2 Å². The number of benzene rings is 1. The van der Waals surface area contributed by atoms with Gasteiger partial charge in [0, 0.05) is 40.0 Å². The Morgan fingerprint density at radius 3 is 2.76 bits per heavy atom. The van der Waals surface area contributed by atoms with Gasteiger partial charge < -0.3 is 10.6 Å². The van der Waals surface area contributed by atoms with Crippen molar-refractivity contribution in [3.05, 3.63) is 54.7 Å². The highest BCUT2D eigenvalue weighted by Crippen LogP contribution is 2.27. The second kappa shape index (κ2) is 6.68. The minimum absolute atomic E-state index is 0.0572. The van der Waals surface area contributed by atoms with Gasteiger partial charge in [0.1, 0.15) is 5.69 Å². The number of nitro benzene ring substituents is 1. The van der Waals surface area contributed by atoms with E-state index in [2.05, 4.69) is 26.6 Å². The number of hydrogen-bond acceptors (Lipinski definition) is 5. The minimum Gasteiger partial charge on any atom is -0.375 e. The van der Waals surface area contributed by atoms with E-state index < -0.39 is 4.92 Å². The third-order valence-corrected chi connectivity index (χ3v) is 4.45. The second-order valence-electron chi connectivity index (χ2n) is 4.15. The summed E-state index contributed by atoms with van der Waals surface area (Å²) in [4.78, 5) is 23.2. The maximum atomic E-state index is 11.6. The summed E-state index contributed by atoms with van der Waals surface area (Å²) in [6, 6.07) is 6.19. The van der Waals surface area contributed by atoms with Crippen molar-refractivity contribution in [1.82, 2.24) is 5.32 Å². The van der Waals surface area contributed by atoms with Gasteiger partial charge in [-0.2, -0.15) is 0 Å². The minimum atomic E-state index is -0.472. The molecule has 2 aromatic rings. The number of halogens is 1. The van der Waals surface area contributed by atoms with Gasteiger partial charge in [-0.05, 0) is 34.1 Å². The van der Waals surface area contributed by atoms with Crippen LogP contribution in [0.5, 0.6) is 0 Å². The van der Waals surface area contributed by atoms with Gasteiger partial charge in [0.2, 0.25) is 0 Å². The van der Waals surface area contributed by atoms with Crippen molar-refractivity contribution in [2.45, 2.75) is 6.54 Å². The van der Waals surface area contributed by atoms with Gasteiger partial charge in [-0.3, -0.25) is 14.9 Å². The molecule has 1 amide bonds. The van der Waals surface area contributed by atoms with Crippen molar-refractivity contribution in [3.63, 3.8) is 0 Å². The molecule has 0 spiro atoms. The zero-order valence-corrected chi connectivity index (χ0v) is 13.5. The van der Waals surface area contributed by atoms with Crippen molar-refractivity contribution in [2.75, 3.05) is 12.4 Å². The summed E-state index contributed by atoms with van der Waals surface area (Å²) in [6.45, 7) is 0.453. The second-order valence-corrected chi connectivity index (χ2v) is 6.06. The molecule has 1 aromatic heterocycles. The summed E-state index contributed by atoms with van der Waals surface area (Å²) in [5.74, 6) is -0.285. The molecule has 0 unspecified atom stereocenters. The highest BCUT2D eigenvalue weighted by molar-refractivity contribution is 9.10. The Morgan fingerprint density at radius 2 is 2.19 bits per heavy atom. The Kier molecular flexibility index (Phi) is 4.92. The number of thiophene rings is 1. The summed E-state index contributed by atoms with van der Waals surface area (Å²) in [5.41, 5.74) is 0.641. The van der Waals surface area contributed by atoms with Gasteiger partial charge in [-0.15, -0.1) is 11.3 Å². The van der Waals surface area contributed by atoms with Gasteiger partial charge in [0.15, 0.2) is 0 Å². The van der Waals surface area contributed by atoms with Crippen LogP contribution in [0, 0.1) is 10.1 Å². The largest absolute Gasteiger partial charge is 0.375 e. The SMILES string of the molecule is CNC(=O)c1ccc([N+](=O)[O-])c(NCc2cc(Br)cs2)c1. The van der Waals surface area contributed by atoms with E-state index in [-0.39, 0.29) is 11.6 Å². The van der Waals surface area contributed by atoms with E-state index in [1.54, 1.807) is 0 Å². The molecule has 0 bridgehead atoms. The zero-order valence-electron chi connectivity index (χ0n) is 11.1. The highest BCUT2D eigenvalue weighted by atomic mass is 79.9. The molecule has 1 heterocycles. The molecule has 0 radical (unpaired) electrons. The molecule has 8 heteroatoms. The molecular formula is C13H12BrN3O3S. The molecule has 2 N–H and O–H groups in total. The fraction of sp³-hybridized carbons (Fsp3) is 0.154. The van der Waals surface area contributed by atoms with Crippen LogP contribution in [0.15, 0.2) is 34.1 Å². The standard InChI is InChI=1S/C13H12BrN3O3S/c1-15-13(18)8-2-3-12(17(19)20)11(4-8)16-6-10-5-9(14)7-21-10/h2-5,7,16H,6H2,1H3,(H,15,18). The fourth-order valence-corrected chi connectivity index (χ4v) is 3.14. The normalized spacial score (nSPS) is 10.2. The molecule has 0 atom stereocenters. The number of nitro groups is 1. The first-order valence-corrected chi connectivity index (χ1v) is 7.66. The van der Waals surface area contributed by atoms with Crippen LogP contribution in [-0.4, -0.2) is 17.9 Å². The Hall–Kier alpha value is -1.93. The van der Waals surface area contributed by atoms with E-state index in [0.717, 1.165) is 9.35 Å². The quantitative estimate of drug-likeness (QED) is 0.624. The number of carbonyl (C=O) groups excluding carboxylic acids is 1.